The van der Waals surface area contributed by atoms with Crippen molar-refractivity contribution in [3.05, 3.63) is 35.4 Å². The van der Waals surface area contributed by atoms with Gasteiger partial charge in [0, 0.05) is 20.3 Å². The highest BCUT2D eigenvalue weighted by molar-refractivity contribution is 5.75. The first-order valence-corrected chi connectivity index (χ1v) is 6.42. The fraction of sp³-hybridized carbons (Fsp3) is 0.462. The monoisotopic (exact) mass is 297 g/mol. The molecule has 0 saturated carbocycles. The number of carbonyl (C=O) groups excluding carboxylic acids is 1. The molecule has 0 fully saturated rings. The number of nitrogens with zero attached hydrogens (tertiary/aromatic N) is 5. The van der Waals surface area contributed by atoms with Gasteiger partial charge in [0.25, 0.3) is 6.43 Å². The molecule has 0 aliphatic heterocycles. The average Bonchev–Trinajstić information content (AvgIpc) is 2.96. The Labute approximate surface area is 121 Å². The van der Waals surface area contributed by atoms with Crippen molar-refractivity contribution in [3.8, 4) is 0 Å². The highest BCUT2D eigenvalue weighted by Gasteiger charge is 2.19. The van der Waals surface area contributed by atoms with Crippen LogP contribution in [0.25, 0.3) is 0 Å². The summed E-state index contributed by atoms with van der Waals surface area (Å²) < 4.78 is 28.4. The van der Waals surface area contributed by atoms with Crippen LogP contribution >= 0.6 is 0 Å². The maximum Gasteiger partial charge on any atom is 0.280 e. The topological polar surface area (TPSA) is 56.0 Å². The van der Waals surface area contributed by atoms with Gasteiger partial charge < -0.3 is 4.90 Å². The maximum atomic E-state index is 12.9. The van der Waals surface area contributed by atoms with E-state index in [1.165, 1.54) is 11.0 Å². The summed E-state index contributed by atoms with van der Waals surface area (Å²) in [5.41, 5.74) is 1.08. The first kappa shape index (κ1) is 15.1. The SMILES string of the molecule is Cc1cc(C(F)F)n(CC(=O)N(C)Cc2ccnn2C)n1. The predicted octanol–water partition coefficient (Wildman–Crippen LogP) is 1.52. The molecule has 2 rings (SSSR count). The van der Waals surface area contributed by atoms with E-state index in [1.54, 1.807) is 38.0 Å². The lowest BCUT2D eigenvalue weighted by Crippen LogP contribution is -2.31. The van der Waals surface area contributed by atoms with Crippen LogP contribution in [0.1, 0.15) is 23.5 Å². The molecule has 0 atom stereocenters. The van der Waals surface area contributed by atoms with Gasteiger partial charge in [-0.15, -0.1) is 0 Å². The summed E-state index contributed by atoms with van der Waals surface area (Å²) in [5, 5.41) is 7.96. The summed E-state index contributed by atoms with van der Waals surface area (Å²) in [5.74, 6) is -0.291. The number of amides is 1. The van der Waals surface area contributed by atoms with Crippen molar-refractivity contribution in [1.82, 2.24) is 24.5 Å². The quantitative estimate of drug-likeness (QED) is 0.841. The number of aromatic nitrogens is 4. The Hall–Kier alpha value is -2.25. The van der Waals surface area contributed by atoms with Crippen LogP contribution in [0.3, 0.4) is 0 Å². The molecule has 8 heteroatoms. The Morgan fingerprint density at radius 1 is 1.48 bits per heavy atom. The van der Waals surface area contributed by atoms with Crippen LogP contribution < -0.4 is 0 Å². The minimum atomic E-state index is -2.65. The molecule has 114 valence electrons. The van der Waals surface area contributed by atoms with Crippen LogP contribution in [0, 0.1) is 6.92 Å². The van der Waals surface area contributed by atoms with Gasteiger partial charge in [0.2, 0.25) is 5.91 Å². The van der Waals surface area contributed by atoms with Gasteiger partial charge in [-0.2, -0.15) is 10.2 Å². The van der Waals surface area contributed by atoms with Crippen LogP contribution in [0.2, 0.25) is 0 Å². The van der Waals surface area contributed by atoms with Crippen molar-refractivity contribution in [1.29, 1.82) is 0 Å². The van der Waals surface area contributed by atoms with Crippen LogP contribution in [-0.2, 0) is 24.9 Å². The maximum absolute atomic E-state index is 12.9. The third-order valence-corrected chi connectivity index (χ3v) is 3.19. The molecule has 0 N–H and O–H groups in total. The molecule has 0 bridgehead atoms. The second-order valence-electron chi connectivity index (χ2n) is 4.86. The van der Waals surface area contributed by atoms with Crippen molar-refractivity contribution in [2.75, 3.05) is 7.05 Å². The standard InChI is InChI=1S/C13H17F2N5O/c1-9-6-11(13(14)15)20(17-9)8-12(21)18(2)7-10-4-5-16-19(10)3/h4-6,13H,7-8H2,1-3H3. The van der Waals surface area contributed by atoms with Crippen LogP contribution in [-0.4, -0.2) is 37.4 Å². The van der Waals surface area contributed by atoms with E-state index in [0.29, 0.717) is 12.2 Å². The van der Waals surface area contributed by atoms with E-state index in [-0.39, 0.29) is 18.1 Å². The summed E-state index contributed by atoms with van der Waals surface area (Å²) in [6, 6.07) is 3.09. The third-order valence-electron chi connectivity index (χ3n) is 3.19. The number of hydrogen-bond acceptors (Lipinski definition) is 3. The van der Waals surface area contributed by atoms with Gasteiger partial charge >= 0.3 is 0 Å². The van der Waals surface area contributed by atoms with E-state index >= 15 is 0 Å². The van der Waals surface area contributed by atoms with E-state index in [1.807, 2.05) is 0 Å². The first-order chi connectivity index (χ1) is 9.88. The normalized spacial score (nSPS) is 11.1. The van der Waals surface area contributed by atoms with Crippen LogP contribution in [0.4, 0.5) is 8.78 Å². The van der Waals surface area contributed by atoms with Crippen molar-refractivity contribution in [2.45, 2.75) is 26.4 Å². The summed E-state index contributed by atoms with van der Waals surface area (Å²) >= 11 is 0. The van der Waals surface area contributed by atoms with Gasteiger partial charge in [-0.3, -0.25) is 14.2 Å². The highest BCUT2D eigenvalue weighted by Crippen LogP contribution is 2.19. The van der Waals surface area contributed by atoms with Crippen molar-refractivity contribution in [2.24, 2.45) is 7.05 Å². The number of carbonyl (C=O) groups is 1. The molecular weight excluding hydrogens is 280 g/mol. The Bertz CT molecular complexity index is 634. The second kappa shape index (κ2) is 6.02. The summed E-state index contributed by atoms with van der Waals surface area (Å²) in [6.45, 7) is 1.77. The lowest BCUT2D eigenvalue weighted by Gasteiger charge is -2.18. The fourth-order valence-electron chi connectivity index (χ4n) is 2.00. The average molecular weight is 297 g/mol. The minimum Gasteiger partial charge on any atom is -0.338 e. The predicted molar refractivity (Wildman–Crippen MR) is 71.6 cm³/mol. The fourth-order valence-corrected chi connectivity index (χ4v) is 2.00. The van der Waals surface area contributed by atoms with Crippen molar-refractivity contribution in [3.63, 3.8) is 0 Å². The number of likely N-dealkylation sites (N-methyl/N-ethyl adjacent to an activating group) is 1. The van der Waals surface area contributed by atoms with E-state index in [0.717, 1.165) is 10.4 Å². The third kappa shape index (κ3) is 3.45. The zero-order chi connectivity index (χ0) is 15.6. The molecule has 0 radical (unpaired) electrons. The molecule has 0 unspecified atom stereocenters. The minimum absolute atomic E-state index is 0.206. The number of rotatable bonds is 5. The highest BCUT2D eigenvalue weighted by atomic mass is 19.3. The van der Waals surface area contributed by atoms with Crippen LogP contribution in [0.5, 0.6) is 0 Å². The molecule has 2 aromatic rings. The molecule has 2 aromatic heterocycles. The zero-order valence-corrected chi connectivity index (χ0v) is 12.1. The molecule has 0 saturated heterocycles. The number of hydrogen-bond donors (Lipinski definition) is 0. The van der Waals surface area contributed by atoms with Crippen LogP contribution in [0.15, 0.2) is 18.3 Å². The number of alkyl halides is 2. The Kier molecular flexibility index (Phi) is 4.35. The summed E-state index contributed by atoms with van der Waals surface area (Å²) in [6.07, 6.45) is -1.01. The Balaban J connectivity index is 2.06. The van der Waals surface area contributed by atoms with Crippen molar-refractivity contribution < 1.29 is 13.6 Å². The number of aryl methyl sites for hydroxylation is 2. The summed E-state index contributed by atoms with van der Waals surface area (Å²) in [7, 11) is 3.40. The summed E-state index contributed by atoms with van der Waals surface area (Å²) in [4.78, 5) is 13.6. The largest absolute Gasteiger partial charge is 0.338 e. The molecule has 0 spiro atoms. The van der Waals surface area contributed by atoms with E-state index in [2.05, 4.69) is 10.2 Å². The molecular formula is C13H17F2N5O. The molecule has 6 nitrogen and oxygen atoms in total. The lowest BCUT2D eigenvalue weighted by atomic mass is 10.3. The van der Waals surface area contributed by atoms with Gasteiger partial charge in [0.05, 0.1) is 17.9 Å². The molecule has 0 aliphatic rings. The van der Waals surface area contributed by atoms with Gasteiger partial charge in [-0.1, -0.05) is 0 Å². The molecule has 1 amide bonds. The molecule has 0 aliphatic carbocycles. The lowest BCUT2D eigenvalue weighted by molar-refractivity contribution is -0.131. The van der Waals surface area contributed by atoms with E-state index < -0.39 is 6.43 Å². The first-order valence-electron chi connectivity index (χ1n) is 6.42. The second-order valence-corrected chi connectivity index (χ2v) is 4.86. The van der Waals surface area contributed by atoms with E-state index in [4.69, 9.17) is 0 Å². The Morgan fingerprint density at radius 2 is 2.19 bits per heavy atom. The molecule has 0 aromatic carbocycles. The van der Waals surface area contributed by atoms with Crippen molar-refractivity contribution >= 4 is 5.91 Å². The molecule has 21 heavy (non-hydrogen) atoms. The number of halogens is 2. The van der Waals surface area contributed by atoms with Gasteiger partial charge in [0.15, 0.2) is 0 Å². The van der Waals surface area contributed by atoms with Gasteiger partial charge in [-0.25, -0.2) is 8.78 Å². The van der Waals surface area contributed by atoms with Gasteiger partial charge in [-0.05, 0) is 19.1 Å². The van der Waals surface area contributed by atoms with E-state index in [9.17, 15) is 13.6 Å². The smallest absolute Gasteiger partial charge is 0.280 e. The molecule has 2 heterocycles. The Morgan fingerprint density at radius 3 is 2.76 bits per heavy atom. The van der Waals surface area contributed by atoms with Gasteiger partial charge in [0.1, 0.15) is 12.2 Å². The zero-order valence-electron chi connectivity index (χ0n) is 12.1.